The van der Waals surface area contributed by atoms with Crippen molar-refractivity contribution in [3.63, 3.8) is 0 Å². The van der Waals surface area contributed by atoms with Crippen LogP contribution in [0.4, 0.5) is 16.4 Å². The molecule has 0 bridgehead atoms. The molecule has 1 aromatic heterocycles. The molecule has 9 nitrogen and oxygen atoms in total. The van der Waals surface area contributed by atoms with Crippen molar-refractivity contribution in [1.82, 2.24) is 9.97 Å². The second-order valence-corrected chi connectivity index (χ2v) is 5.73. The van der Waals surface area contributed by atoms with E-state index in [4.69, 9.17) is 15.2 Å². The quantitative estimate of drug-likeness (QED) is 0.388. The standard InChI is InChI=1S/C16H16N4O5/c17-15-18-8-11(9-19-15)10-1-4-14(7-10)25-16(21)24-13-5-2-12(3-6-13)20(22)23/h2-3,5-6,8-10,14H,1,4,7H2,(H2,17,18,19). The molecule has 2 N–H and O–H groups in total. The van der Waals surface area contributed by atoms with Gasteiger partial charge in [-0.05, 0) is 42.9 Å². The normalized spacial score (nSPS) is 19.4. The van der Waals surface area contributed by atoms with E-state index >= 15 is 0 Å². The van der Waals surface area contributed by atoms with Gasteiger partial charge in [0.05, 0.1) is 4.92 Å². The van der Waals surface area contributed by atoms with Crippen molar-refractivity contribution in [2.45, 2.75) is 31.3 Å². The van der Waals surface area contributed by atoms with Gasteiger partial charge in [-0.15, -0.1) is 0 Å². The van der Waals surface area contributed by atoms with Gasteiger partial charge in [0.25, 0.3) is 5.69 Å². The van der Waals surface area contributed by atoms with E-state index in [0.717, 1.165) is 12.0 Å². The van der Waals surface area contributed by atoms with Crippen LogP contribution >= 0.6 is 0 Å². The average Bonchev–Trinajstić information content (AvgIpc) is 3.04. The number of ether oxygens (including phenoxy) is 2. The Hall–Kier alpha value is -3.23. The van der Waals surface area contributed by atoms with E-state index in [-0.39, 0.29) is 29.4 Å². The molecular weight excluding hydrogens is 328 g/mol. The maximum atomic E-state index is 11.9. The third-order valence-corrected chi connectivity index (χ3v) is 4.06. The number of nitrogens with two attached hydrogens (primary N) is 1. The van der Waals surface area contributed by atoms with Crippen LogP contribution < -0.4 is 10.5 Å². The molecule has 2 unspecified atom stereocenters. The molecule has 1 aromatic carbocycles. The van der Waals surface area contributed by atoms with Crippen molar-refractivity contribution in [3.05, 3.63) is 52.3 Å². The lowest BCUT2D eigenvalue weighted by atomic mass is 10.0. The summed E-state index contributed by atoms with van der Waals surface area (Å²) < 4.78 is 10.4. The number of rotatable bonds is 4. The molecule has 1 heterocycles. The molecule has 2 aromatic rings. The van der Waals surface area contributed by atoms with Gasteiger partial charge in [-0.3, -0.25) is 10.1 Å². The minimum Gasteiger partial charge on any atom is -0.431 e. The third-order valence-electron chi connectivity index (χ3n) is 4.06. The number of hydrogen-bond acceptors (Lipinski definition) is 8. The van der Waals surface area contributed by atoms with Crippen LogP contribution in [0.25, 0.3) is 0 Å². The highest BCUT2D eigenvalue weighted by atomic mass is 16.7. The summed E-state index contributed by atoms with van der Waals surface area (Å²) in [7, 11) is 0. The Labute approximate surface area is 142 Å². The molecule has 2 atom stereocenters. The second kappa shape index (κ2) is 7.12. The third kappa shape index (κ3) is 4.19. The molecule has 0 aliphatic heterocycles. The van der Waals surface area contributed by atoms with Gasteiger partial charge in [0.2, 0.25) is 5.95 Å². The number of nitrogen functional groups attached to an aromatic ring is 1. The lowest BCUT2D eigenvalue weighted by Crippen LogP contribution is -2.18. The number of nitrogens with zero attached hydrogens (tertiary/aromatic N) is 3. The molecule has 1 saturated carbocycles. The van der Waals surface area contributed by atoms with Crippen LogP contribution in [0.15, 0.2) is 36.7 Å². The molecule has 0 saturated heterocycles. The number of carbonyl (C=O) groups is 1. The van der Waals surface area contributed by atoms with Gasteiger partial charge >= 0.3 is 6.16 Å². The van der Waals surface area contributed by atoms with Crippen molar-refractivity contribution < 1.29 is 19.2 Å². The van der Waals surface area contributed by atoms with Crippen molar-refractivity contribution in [2.24, 2.45) is 0 Å². The summed E-state index contributed by atoms with van der Waals surface area (Å²) in [6, 6.07) is 5.22. The molecular formula is C16H16N4O5. The Morgan fingerprint density at radius 1 is 1.20 bits per heavy atom. The first-order chi connectivity index (χ1) is 12.0. The van der Waals surface area contributed by atoms with Crippen molar-refractivity contribution in [2.75, 3.05) is 5.73 Å². The predicted octanol–water partition coefficient (Wildman–Crippen LogP) is 2.82. The molecule has 9 heteroatoms. The van der Waals surface area contributed by atoms with E-state index in [9.17, 15) is 14.9 Å². The monoisotopic (exact) mass is 344 g/mol. The fraction of sp³-hybridized carbons (Fsp3) is 0.312. The number of aromatic nitrogens is 2. The van der Waals surface area contributed by atoms with Gasteiger partial charge < -0.3 is 15.2 Å². The number of benzene rings is 1. The molecule has 1 fully saturated rings. The van der Waals surface area contributed by atoms with Gasteiger partial charge in [0, 0.05) is 24.5 Å². The smallest absolute Gasteiger partial charge is 0.431 e. The predicted molar refractivity (Wildman–Crippen MR) is 87.0 cm³/mol. The zero-order chi connectivity index (χ0) is 17.8. The van der Waals surface area contributed by atoms with Gasteiger partial charge in [-0.2, -0.15) is 0 Å². The molecule has 25 heavy (non-hydrogen) atoms. The van der Waals surface area contributed by atoms with Crippen LogP contribution in [0.3, 0.4) is 0 Å². The van der Waals surface area contributed by atoms with Crippen LogP contribution in [0.5, 0.6) is 5.75 Å². The summed E-state index contributed by atoms with van der Waals surface area (Å²) in [5.41, 5.74) is 6.36. The molecule has 1 aliphatic rings. The van der Waals surface area contributed by atoms with E-state index in [1.807, 2.05) is 0 Å². The minimum atomic E-state index is -0.826. The second-order valence-electron chi connectivity index (χ2n) is 5.73. The first-order valence-corrected chi connectivity index (χ1v) is 7.71. The van der Waals surface area contributed by atoms with E-state index in [1.54, 1.807) is 12.4 Å². The fourth-order valence-electron chi connectivity index (χ4n) is 2.80. The van der Waals surface area contributed by atoms with E-state index < -0.39 is 11.1 Å². The van der Waals surface area contributed by atoms with Gasteiger partial charge in [0.1, 0.15) is 11.9 Å². The largest absolute Gasteiger partial charge is 0.514 e. The number of non-ortho nitro benzene ring substituents is 1. The van der Waals surface area contributed by atoms with Crippen molar-refractivity contribution >= 4 is 17.8 Å². The Kier molecular flexibility index (Phi) is 4.73. The number of carbonyl (C=O) groups excluding carboxylic acids is 1. The summed E-state index contributed by atoms with van der Waals surface area (Å²) >= 11 is 0. The molecule has 0 radical (unpaired) electrons. The van der Waals surface area contributed by atoms with Crippen LogP contribution in [0, 0.1) is 10.1 Å². The number of hydrogen-bond donors (Lipinski definition) is 1. The zero-order valence-electron chi connectivity index (χ0n) is 13.2. The molecule has 0 spiro atoms. The molecule has 130 valence electrons. The number of anilines is 1. The van der Waals surface area contributed by atoms with Crippen molar-refractivity contribution in [3.8, 4) is 5.75 Å². The first-order valence-electron chi connectivity index (χ1n) is 7.71. The van der Waals surface area contributed by atoms with Crippen molar-refractivity contribution in [1.29, 1.82) is 0 Å². The Morgan fingerprint density at radius 2 is 1.88 bits per heavy atom. The summed E-state index contributed by atoms with van der Waals surface area (Å²) in [4.78, 5) is 29.9. The van der Waals surface area contributed by atoms with Gasteiger partial charge in [-0.1, -0.05) is 0 Å². The van der Waals surface area contributed by atoms with Crippen LogP contribution in [0.1, 0.15) is 30.7 Å². The minimum absolute atomic E-state index is 0.0786. The topological polar surface area (TPSA) is 130 Å². The SMILES string of the molecule is Nc1ncc(C2CCC(OC(=O)Oc3ccc([N+](=O)[O-])cc3)C2)cn1. The highest BCUT2D eigenvalue weighted by Gasteiger charge is 2.29. The molecule has 0 amide bonds. The lowest BCUT2D eigenvalue weighted by Gasteiger charge is -2.12. The van der Waals surface area contributed by atoms with Gasteiger partial charge in [0.15, 0.2) is 0 Å². The lowest BCUT2D eigenvalue weighted by molar-refractivity contribution is -0.384. The van der Waals surface area contributed by atoms with Crippen LogP contribution in [0.2, 0.25) is 0 Å². The number of nitro groups is 1. The Bertz CT molecular complexity index is 763. The maximum Gasteiger partial charge on any atom is 0.514 e. The average molecular weight is 344 g/mol. The Morgan fingerprint density at radius 3 is 2.52 bits per heavy atom. The highest BCUT2D eigenvalue weighted by molar-refractivity contribution is 5.64. The van der Waals surface area contributed by atoms with Crippen LogP contribution in [-0.4, -0.2) is 27.2 Å². The Balaban J connectivity index is 1.51. The first kappa shape index (κ1) is 16.6. The summed E-state index contributed by atoms with van der Waals surface area (Å²) in [6.07, 6.45) is 4.51. The zero-order valence-corrected chi connectivity index (χ0v) is 13.2. The molecule has 1 aliphatic carbocycles. The summed E-state index contributed by atoms with van der Waals surface area (Å²) in [6.45, 7) is 0. The fourth-order valence-corrected chi connectivity index (χ4v) is 2.80. The van der Waals surface area contributed by atoms with Gasteiger partial charge in [-0.25, -0.2) is 14.8 Å². The number of nitro benzene ring substituents is 1. The highest BCUT2D eigenvalue weighted by Crippen LogP contribution is 2.35. The summed E-state index contributed by atoms with van der Waals surface area (Å²) in [5.74, 6) is 0.621. The van der Waals surface area contributed by atoms with E-state index in [0.29, 0.717) is 12.8 Å². The summed E-state index contributed by atoms with van der Waals surface area (Å²) in [5, 5.41) is 10.6. The van der Waals surface area contributed by atoms with Crippen LogP contribution in [-0.2, 0) is 4.74 Å². The molecule has 3 rings (SSSR count). The maximum absolute atomic E-state index is 11.9. The van der Waals surface area contributed by atoms with E-state index in [2.05, 4.69) is 9.97 Å². The van der Waals surface area contributed by atoms with E-state index in [1.165, 1.54) is 24.3 Å².